The second-order valence-corrected chi connectivity index (χ2v) is 6.58. The maximum absolute atomic E-state index is 4.48. The molecule has 0 bridgehead atoms. The molecule has 0 unspecified atom stereocenters. The summed E-state index contributed by atoms with van der Waals surface area (Å²) in [4.78, 5) is 7.92. The number of H-pyrrole nitrogens is 1. The van der Waals surface area contributed by atoms with Crippen LogP contribution in [0.25, 0.3) is 0 Å². The zero-order chi connectivity index (χ0) is 13.9. The highest BCUT2D eigenvalue weighted by molar-refractivity contribution is 6.32. The van der Waals surface area contributed by atoms with Gasteiger partial charge in [0.2, 0.25) is 0 Å². The maximum atomic E-state index is 4.48. The number of aromatic nitrogens is 2. The molecule has 2 rings (SSSR count). The Morgan fingerprint density at radius 1 is 1.11 bits per heavy atom. The average Bonchev–Trinajstić information content (AvgIpc) is 2.73. The van der Waals surface area contributed by atoms with Gasteiger partial charge in [0.05, 0.1) is 0 Å². The standard InChI is InChI=1S/C16H23BN2/c1-16(2,3)10-14-11-18-15(19-14)9-6-12-4-7-13(17)8-5-12/h4-5,7-8,11H,6,9-10,17H2,1-3H3,(H,18,19). The Hall–Kier alpha value is -1.51. The van der Waals surface area contributed by atoms with Crippen LogP contribution >= 0.6 is 0 Å². The van der Waals surface area contributed by atoms with Crippen LogP contribution in [0.4, 0.5) is 0 Å². The molecule has 0 spiro atoms. The number of nitrogens with one attached hydrogen (secondary N) is 1. The lowest BCUT2D eigenvalue weighted by Crippen LogP contribution is -2.09. The van der Waals surface area contributed by atoms with E-state index in [9.17, 15) is 0 Å². The number of aryl methyl sites for hydroxylation is 2. The number of imidazole rings is 1. The molecular weight excluding hydrogens is 231 g/mol. The van der Waals surface area contributed by atoms with E-state index in [2.05, 4.69) is 62.9 Å². The van der Waals surface area contributed by atoms with Gasteiger partial charge in [-0.2, -0.15) is 0 Å². The van der Waals surface area contributed by atoms with Gasteiger partial charge in [0.1, 0.15) is 13.7 Å². The molecule has 100 valence electrons. The first-order valence-corrected chi connectivity index (χ1v) is 7.01. The van der Waals surface area contributed by atoms with E-state index in [1.54, 1.807) is 0 Å². The Kier molecular flexibility index (Phi) is 4.13. The summed E-state index contributed by atoms with van der Waals surface area (Å²) in [5, 5.41) is 0. The highest BCUT2D eigenvalue weighted by Gasteiger charge is 2.13. The zero-order valence-corrected chi connectivity index (χ0v) is 12.5. The molecule has 2 nitrogen and oxygen atoms in total. The van der Waals surface area contributed by atoms with E-state index in [0.29, 0.717) is 5.41 Å². The van der Waals surface area contributed by atoms with Crippen molar-refractivity contribution < 1.29 is 0 Å². The highest BCUT2D eigenvalue weighted by Crippen LogP contribution is 2.19. The van der Waals surface area contributed by atoms with Crippen LogP contribution in [0, 0.1) is 5.41 Å². The molecule has 0 radical (unpaired) electrons. The van der Waals surface area contributed by atoms with Gasteiger partial charge in [-0.3, -0.25) is 0 Å². The molecule has 3 heteroatoms. The van der Waals surface area contributed by atoms with Crippen LogP contribution in [-0.2, 0) is 19.3 Å². The number of aromatic amines is 1. The quantitative estimate of drug-likeness (QED) is 0.831. The zero-order valence-electron chi connectivity index (χ0n) is 12.5. The van der Waals surface area contributed by atoms with Crippen molar-refractivity contribution in [3.05, 3.63) is 47.5 Å². The first kappa shape index (κ1) is 13.9. The van der Waals surface area contributed by atoms with E-state index in [4.69, 9.17) is 0 Å². The lowest BCUT2D eigenvalue weighted by Gasteiger charge is -2.16. The second-order valence-electron chi connectivity index (χ2n) is 6.58. The van der Waals surface area contributed by atoms with E-state index in [1.165, 1.54) is 16.7 Å². The van der Waals surface area contributed by atoms with E-state index >= 15 is 0 Å². The minimum absolute atomic E-state index is 0.306. The largest absolute Gasteiger partial charge is 0.346 e. The number of benzene rings is 1. The van der Waals surface area contributed by atoms with Crippen molar-refractivity contribution in [1.82, 2.24) is 9.97 Å². The topological polar surface area (TPSA) is 28.7 Å². The van der Waals surface area contributed by atoms with Gasteiger partial charge in [-0.15, -0.1) is 0 Å². The number of nitrogens with zero attached hydrogens (tertiary/aromatic N) is 1. The minimum atomic E-state index is 0.306. The smallest absolute Gasteiger partial charge is 0.139 e. The van der Waals surface area contributed by atoms with Crippen LogP contribution in [0.3, 0.4) is 0 Å². The van der Waals surface area contributed by atoms with Crippen molar-refractivity contribution in [2.24, 2.45) is 5.41 Å². The van der Waals surface area contributed by atoms with Crippen LogP contribution in [-0.4, -0.2) is 17.8 Å². The van der Waals surface area contributed by atoms with Crippen LogP contribution in [0.2, 0.25) is 0 Å². The summed E-state index contributed by atoms with van der Waals surface area (Å²) in [5.41, 5.74) is 4.24. The summed E-state index contributed by atoms with van der Waals surface area (Å²) in [5.74, 6) is 1.10. The number of hydrogen-bond donors (Lipinski definition) is 1. The van der Waals surface area contributed by atoms with Crippen molar-refractivity contribution in [3.8, 4) is 0 Å². The number of hydrogen-bond acceptors (Lipinski definition) is 1. The molecule has 0 saturated heterocycles. The normalized spacial score (nSPS) is 11.7. The van der Waals surface area contributed by atoms with Gasteiger partial charge >= 0.3 is 0 Å². The van der Waals surface area contributed by atoms with E-state index in [1.807, 2.05) is 6.20 Å². The molecule has 1 heterocycles. The number of rotatable bonds is 4. The monoisotopic (exact) mass is 254 g/mol. The Labute approximate surface area is 117 Å². The molecule has 0 atom stereocenters. The molecule has 2 aromatic rings. The fraction of sp³-hybridized carbons (Fsp3) is 0.438. The fourth-order valence-corrected chi connectivity index (χ4v) is 2.21. The molecule has 1 aromatic carbocycles. The van der Waals surface area contributed by atoms with Crippen LogP contribution < -0.4 is 5.46 Å². The SMILES string of the molecule is Bc1ccc(CCc2ncc(CC(C)(C)C)[nH]2)cc1. The molecule has 19 heavy (non-hydrogen) atoms. The maximum Gasteiger partial charge on any atom is 0.139 e. The van der Waals surface area contributed by atoms with Gasteiger partial charge in [0.15, 0.2) is 0 Å². The molecule has 0 amide bonds. The Bertz CT molecular complexity index is 520. The third kappa shape index (κ3) is 4.58. The minimum Gasteiger partial charge on any atom is -0.346 e. The van der Waals surface area contributed by atoms with Crippen molar-refractivity contribution in [3.63, 3.8) is 0 Å². The van der Waals surface area contributed by atoms with Crippen LogP contribution in [0.1, 0.15) is 37.9 Å². The molecule has 0 aliphatic heterocycles. The van der Waals surface area contributed by atoms with Gasteiger partial charge in [0.25, 0.3) is 0 Å². The van der Waals surface area contributed by atoms with Gasteiger partial charge in [-0.25, -0.2) is 4.98 Å². The van der Waals surface area contributed by atoms with Crippen LogP contribution in [0.15, 0.2) is 30.5 Å². The second kappa shape index (κ2) is 5.64. The molecule has 1 aromatic heterocycles. The Balaban J connectivity index is 1.91. The first-order chi connectivity index (χ1) is 8.92. The Morgan fingerprint density at radius 3 is 2.42 bits per heavy atom. The summed E-state index contributed by atoms with van der Waals surface area (Å²) in [6, 6.07) is 8.74. The molecule has 0 fully saturated rings. The predicted molar refractivity (Wildman–Crippen MR) is 83.8 cm³/mol. The van der Waals surface area contributed by atoms with E-state index < -0.39 is 0 Å². The van der Waals surface area contributed by atoms with E-state index in [0.717, 1.165) is 25.1 Å². The lowest BCUT2D eigenvalue weighted by atomic mass is 9.91. The molecule has 0 aliphatic carbocycles. The van der Waals surface area contributed by atoms with Crippen LogP contribution in [0.5, 0.6) is 0 Å². The van der Waals surface area contributed by atoms with E-state index in [-0.39, 0.29) is 0 Å². The molecule has 1 N–H and O–H groups in total. The third-order valence-corrected chi connectivity index (χ3v) is 3.17. The fourth-order valence-electron chi connectivity index (χ4n) is 2.21. The van der Waals surface area contributed by atoms with Crippen molar-refractivity contribution >= 4 is 13.3 Å². The summed E-state index contributed by atoms with van der Waals surface area (Å²) < 4.78 is 0. The third-order valence-electron chi connectivity index (χ3n) is 3.17. The van der Waals surface area contributed by atoms with Gasteiger partial charge in [0, 0.05) is 18.3 Å². The first-order valence-electron chi connectivity index (χ1n) is 7.01. The summed E-state index contributed by atoms with van der Waals surface area (Å²) in [7, 11) is 2.12. The average molecular weight is 254 g/mol. The molecule has 0 saturated carbocycles. The highest BCUT2D eigenvalue weighted by atomic mass is 14.9. The van der Waals surface area contributed by atoms with Crippen molar-refractivity contribution in [1.29, 1.82) is 0 Å². The van der Waals surface area contributed by atoms with Crippen molar-refractivity contribution in [2.45, 2.75) is 40.0 Å². The summed E-state index contributed by atoms with van der Waals surface area (Å²) in [6.45, 7) is 6.75. The lowest BCUT2D eigenvalue weighted by molar-refractivity contribution is 0.407. The summed E-state index contributed by atoms with van der Waals surface area (Å²) in [6.07, 6.45) is 5.05. The molecule has 0 aliphatic rings. The Morgan fingerprint density at radius 2 is 1.79 bits per heavy atom. The van der Waals surface area contributed by atoms with Gasteiger partial charge in [-0.05, 0) is 23.8 Å². The molecular formula is C16H23BN2. The van der Waals surface area contributed by atoms with Gasteiger partial charge < -0.3 is 4.98 Å². The summed E-state index contributed by atoms with van der Waals surface area (Å²) >= 11 is 0. The van der Waals surface area contributed by atoms with Gasteiger partial charge in [-0.1, -0.05) is 50.5 Å². The van der Waals surface area contributed by atoms with Crippen molar-refractivity contribution in [2.75, 3.05) is 0 Å². The predicted octanol–water partition coefficient (Wildman–Crippen LogP) is 2.04.